The molecular weight excluding hydrogens is 605 g/mol. The van der Waals surface area contributed by atoms with Gasteiger partial charge in [0.1, 0.15) is 12.1 Å². The van der Waals surface area contributed by atoms with E-state index in [0.29, 0.717) is 43.5 Å². The van der Waals surface area contributed by atoms with Crippen molar-refractivity contribution in [2.24, 2.45) is 0 Å². The molecular formula is C29H34F5N7O2S. The molecule has 0 saturated carbocycles. The highest BCUT2D eigenvalue weighted by Gasteiger charge is 2.34. The molecule has 0 unspecified atom stereocenters. The van der Waals surface area contributed by atoms with Gasteiger partial charge in [0.25, 0.3) is 0 Å². The van der Waals surface area contributed by atoms with Crippen LogP contribution in [-0.4, -0.2) is 80.6 Å². The normalized spacial score (nSPS) is 21.0. The van der Waals surface area contributed by atoms with Gasteiger partial charge in [0.15, 0.2) is 16.8 Å². The average molecular weight is 640 g/mol. The molecule has 2 N–H and O–H groups in total. The van der Waals surface area contributed by atoms with Gasteiger partial charge in [0, 0.05) is 54.7 Å². The Bertz CT molecular complexity index is 1490. The molecule has 2 saturated heterocycles. The van der Waals surface area contributed by atoms with Gasteiger partial charge in [-0.2, -0.15) is 17.6 Å². The molecule has 3 aromatic rings. The zero-order valence-corrected chi connectivity index (χ0v) is 25.4. The first-order valence-electron chi connectivity index (χ1n) is 14.4. The SMILES string of the molecule is C[C@@H]1CC[C@@H](C)N1Cc1sc(Nc2ncnc(N3CC[C@H](N(C)CCC(=O)O)C3)c2F)nc1-c1cc(F)cc(C(F)(F)F)c1. The topological polar surface area (TPSA) is 97.7 Å². The van der Waals surface area contributed by atoms with Crippen molar-refractivity contribution in [3.63, 3.8) is 0 Å². The third-order valence-corrected chi connectivity index (χ3v) is 9.37. The van der Waals surface area contributed by atoms with E-state index in [1.807, 2.05) is 11.9 Å². The van der Waals surface area contributed by atoms with Gasteiger partial charge in [-0.3, -0.25) is 9.69 Å². The van der Waals surface area contributed by atoms with Crippen molar-refractivity contribution in [1.82, 2.24) is 24.8 Å². The van der Waals surface area contributed by atoms with Gasteiger partial charge in [0.2, 0.25) is 5.82 Å². The van der Waals surface area contributed by atoms with Crippen molar-refractivity contribution in [3.05, 3.63) is 46.6 Å². The van der Waals surface area contributed by atoms with E-state index in [2.05, 4.69) is 39.0 Å². The van der Waals surface area contributed by atoms with E-state index in [1.165, 1.54) is 6.33 Å². The van der Waals surface area contributed by atoms with Crippen LogP contribution >= 0.6 is 11.3 Å². The third kappa shape index (κ3) is 7.10. The highest BCUT2D eigenvalue weighted by molar-refractivity contribution is 7.16. The highest BCUT2D eigenvalue weighted by atomic mass is 32.1. The fourth-order valence-electron chi connectivity index (χ4n) is 5.87. The maximum atomic E-state index is 15.8. The molecule has 1 aromatic carbocycles. The summed E-state index contributed by atoms with van der Waals surface area (Å²) >= 11 is 1.16. The lowest BCUT2D eigenvalue weighted by Crippen LogP contribution is -2.36. The Morgan fingerprint density at radius 2 is 1.86 bits per heavy atom. The summed E-state index contributed by atoms with van der Waals surface area (Å²) in [4.78, 5) is 30.2. The van der Waals surface area contributed by atoms with Gasteiger partial charge in [-0.1, -0.05) is 11.3 Å². The molecule has 0 spiro atoms. The first-order valence-corrected chi connectivity index (χ1v) is 15.2. The summed E-state index contributed by atoms with van der Waals surface area (Å²) in [5.74, 6) is -2.71. The smallest absolute Gasteiger partial charge is 0.416 e. The van der Waals surface area contributed by atoms with Crippen LogP contribution in [0.4, 0.5) is 38.7 Å². The van der Waals surface area contributed by atoms with Gasteiger partial charge >= 0.3 is 12.1 Å². The summed E-state index contributed by atoms with van der Waals surface area (Å²) in [5.41, 5.74) is -0.946. The third-order valence-electron chi connectivity index (χ3n) is 8.42. The Labute approximate surface area is 255 Å². The van der Waals surface area contributed by atoms with E-state index in [0.717, 1.165) is 36.3 Å². The van der Waals surface area contributed by atoms with Crippen molar-refractivity contribution < 1.29 is 31.9 Å². The number of hydrogen-bond donors (Lipinski definition) is 2. The van der Waals surface area contributed by atoms with Crippen molar-refractivity contribution >= 4 is 34.1 Å². The number of halogens is 5. The number of aliphatic carboxylic acids is 1. The van der Waals surface area contributed by atoms with E-state index in [1.54, 1.807) is 4.90 Å². The molecule has 0 aliphatic carbocycles. The molecule has 4 heterocycles. The van der Waals surface area contributed by atoms with Gasteiger partial charge in [0.05, 0.1) is 17.7 Å². The average Bonchev–Trinajstić information content (AvgIpc) is 3.68. The summed E-state index contributed by atoms with van der Waals surface area (Å²) in [6.07, 6.45) is -0.883. The van der Waals surface area contributed by atoms with E-state index in [4.69, 9.17) is 5.11 Å². The number of carbonyl (C=O) groups is 1. The second-order valence-corrected chi connectivity index (χ2v) is 12.5. The highest BCUT2D eigenvalue weighted by Crippen LogP contribution is 2.39. The lowest BCUT2D eigenvalue weighted by atomic mass is 10.1. The zero-order valence-electron chi connectivity index (χ0n) is 24.5. The number of aromatic nitrogens is 3. The minimum atomic E-state index is -4.74. The number of nitrogens with zero attached hydrogens (tertiary/aromatic N) is 6. The summed E-state index contributed by atoms with van der Waals surface area (Å²) in [6, 6.07) is 2.85. The number of anilines is 3. The second-order valence-electron chi connectivity index (χ2n) is 11.5. The van der Waals surface area contributed by atoms with Crippen LogP contribution in [0.1, 0.15) is 50.0 Å². The lowest BCUT2D eigenvalue weighted by Gasteiger charge is -2.25. The Morgan fingerprint density at radius 3 is 2.55 bits per heavy atom. The molecule has 3 atom stereocenters. The van der Waals surface area contributed by atoms with Crippen LogP contribution in [0.2, 0.25) is 0 Å². The quantitative estimate of drug-likeness (QED) is 0.259. The molecule has 0 radical (unpaired) electrons. The molecule has 2 aliphatic rings. The first kappa shape index (κ1) is 32.0. The van der Waals surface area contributed by atoms with Crippen LogP contribution < -0.4 is 10.2 Å². The number of carboxylic acids is 1. The fourth-order valence-corrected chi connectivity index (χ4v) is 6.86. The lowest BCUT2D eigenvalue weighted by molar-refractivity contribution is -0.138. The van der Waals surface area contributed by atoms with Gasteiger partial charge in [-0.15, -0.1) is 0 Å². The molecule has 2 aromatic heterocycles. The largest absolute Gasteiger partial charge is 0.481 e. The van der Waals surface area contributed by atoms with Crippen LogP contribution in [0.5, 0.6) is 0 Å². The zero-order chi connectivity index (χ0) is 31.8. The number of carboxylic acid groups (broad SMARTS) is 1. The molecule has 15 heteroatoms. The number of likely N-dealkylation sites (tertiary alicyclic amines) is 1. The minimum Gasteiger partial charge on any atom is -0.481 e. The number of hydrogen-bond acceptors (Lipinski definition) is 9. The summed E-state index contributed by atoms with van der Waals surface area (Å²) in [5, 5.41) is 12.1. The maximum absolute atomic E-state index is 15.8. The molecule has 0 amide bonds. The van der Waals surface area contributed by atoms with E-state index in [-0.39, 0.29) is 52.6 Å². The van der Waals surface area contributed by atoms with E-state index in [9.17, 15) is 22.4 Å². The molecule has 2 aliphatic heterocycles. The fraction of sp³-hybridized carbons (Fsp3) is 0.517. The van der Waals surface area contributed by atoms with Crippen molar-refractivity contribution in [2.45, 2.75) is 70.4 Å². The van der Waals surface area contributed by atoms with Crippen molar-refractivity contribution in [3.8, 4) is 11.3 Å². The summed E-state index contributed by atoms with van der Waals surface area (Å²) in [7, 11) is 1.83. The van der Waals surface area contributed by atoms with Crippen molar-refractivity contribution in [2.75, 3.05) is 36.9 Å². The molecule has 5 rings (SSSR count). The number of likely N-dealkylation sites (N-methyl/N-ethyl adjacent to an activating group) is 1. The Kier molecular flexibility index (Phi) is 9.37. The van der Waals surface area contributed by atoms with Gasteiger partial charge < -0.3 is 20.2 Å². The van der Waals surface area contributed by atoms with Crippen LogP contribution in [0.25, 0.3) is 11.3 Å². The predicted molar refractivity (Wildman–Crippen MR) is 157 cm³/mol. The van der Waals surface area contributed by atoms with Gasteiger partial charge in [-0.05, 0) is 58.4 Å². The molecule has 238 valence electrons. The maximum Gasteiger partial charge on any atom is 0.416 e. The minimum absolute atomic E-state index is 0.00342. The predicted octanol–water partition coefficient (Wildman–Crippen LogP) is 6.00. The Hall–Kier alpha value is -3.43. The number of thiazole rings is 1. The standard InChI is InChI=1S/C29H34F5N7O2S/c1-16-4-5-17(2)41(16)14-22-25(18-10-19(29(32,33)34)12-20(30)11-18)37-28(44-22)38-26-24(31)27(36-15-35-26)40-9-6-21(13-40)39(3)8-7-23(42)43/h10-12,15-17,21H,4-9,13-14H2,1-3H3,(H,42,43)(H,35,36,37,38)/t16-,17-,21+/m1/s1. The number of nitrogens with one attached hydrogen (secondary N) is 1. The number of alkyl halides is 3. The first-order chi connectivity index (χ1) is 20.8. The van der Waals surface area contributed by atoms with E-state index >= 15 is 4.39 Å². The molecule has 0 bridgehead atoms. The van der Waals surface area contributed by atoms with Crippen LogP contribution in [-0.2, 0) is 17.5 Å². The number of rotatable bonds is 10. The molecule has 2 fully saturated rings. The molecule has 9 nitrogen and oxygen atoms in total. The number of benzene rings is 1. The molecule has 44 heavy (non-hydrogen) atoms. The van der Waals surface area contributed by atoms with Crippen LogP contribution in [0.3, 0.4) is 0 Å². The Balaban J connectivity index is 1.43. The monoisotopic (exact) mass is 639 g/mol. The van der Waals surface area contributed by atoms with E-state index < -0.39 is 29.3 Å². The second kappa shape index (κ2) is 12.9. The van der Waals surface area contributed by atoms with Crippen molar-refractivity contribution in [1.29, 1.82) is 0 Å². The van der Waals surface area contributed by atoms with Gasteiger partial charge in [-0.25, -0.2) is 19.3 Å². The summed E-state index contributed by atoms with van der Waals surface area (Å²) in [6.45, 7) is 5.87. The summed E-state index contributed by atoms with van der Waals surface area (Å²) < 4.78 is 70.8. The van der Waals surface area contributed by atoms with Crippen LogP contribution in [0.15, 0.2) is 24.5 Å². The Morgan fingerprint density at radius 1 is 1.14 bits per heavy atom. The van der Waals surface area contributed by atoms with Crippen LogP contribution in [0, 0.1) is 11.6 Å².